The lowest BCUT2D eigenvalue weighted by atomic mass is 10.1. The number of amides is 1. The predicted octanol–water partition coefficient (Wildman–Crippen LogP) is 1.86. The number of benzene rings is 1. The van der Waals surface area contributed by atoms with Gasteiger partial charge in [-0.15, -0.1) is 0 Å². The number of carbonyl (C=O) groups excluding carboxylic acids is 2. The Morgan fingerprint density at radius 2 is 1.86 bits per heavy atom. The second-order valence-electron chi connectivity index (χ2n) is 6.67. The molecule has 1 aliphatic rings. The highest BCUT2D eigenvalue weighted by Crippen LogP contribution is 2.16. The second kappa shape index (κ2) is 9.48. The van der Waals surface area contributed by atoms with Crippen LogP contribution < -0.4 is 4.74 Å². The molecule has 0 bridgehead atoms. The lowest BCUT2D eigenvalue weighted by molar-refractivity contribution is 0.0584. The summed E-state index contributed by atoms with van der Waals surface area (Å²) >= 11 is 0. The van der Waals surface area contributed by atoms with E-state index in [1.54, 1.807) is 42.3 Å². The number of hydrogen-bond donors (Lipinski definition) is 0. The monoisotopic (exact) mass is 387 g/mol. The van der Waals surface area contributed by atoms with Crippen LogP contribution in [0.25, 0.3) is 0 Å². The van der Waals surface area contributed by atoms with Gasteiger partial charge in [0.15, 0.2) is 17.2 Å². The number of Topliss-reactive ketones (excluding diaryl/α,β-unsaturated/α-hetero) is 1. The minimum atomic E-state index is -0.132. The summed E-state index contributed by atoms with van der Waals surface area (Å²) in [5, 5.41) is 3.89. The zero-order chi connectivity index (χ0) is 19.9. The third kappa shape index (κ3) is 5.17. The minimum absolute atomic E-state index is 0.00414. The van der Waals surface area contributed by atoms with Gasteiger partial charge in [-0.3, -0.25) is 14.5 Å². The Kier molecular flexibility index (Phi) is 6.78. The highest BCUT2D eigenvalue weighted by Gasteiger charge is 2.24. The highest BCUT2D eigenvalue weighted by atomic mass is 16.5. The molecule has 0 saturated carbocycles. The number of ether oxygens (including phenoxy) is 2. The van der Waals surface area contributed by atoms with Gasteiger partial charge in [-0.25, -0.2) is 0 Å². The van der Waals surface area contributed by atoms with Crippen LogP contribution >= 0.6 is 0 Å². The largest absolute Gasteiger partial charge is 0.486 e. The standard InChI is InChI=1S/C20H25N3O5/c1-15(24)16-3-5-17(6-4-16)27-14-18-13-19(21-28-18)20(25)23-9-7-22(8-10-23)11-12-26-2/h3-6,13H,7-12,14H2,1-2H3. The van der Waals surface area contributed by atoms with Crippen LogP contribution in [0, 0.1) is 0 Å². The van der Waals surface area contributed by atoms with Crippen LogP contribution in [0.5, 0.6) is 5.75 Å². The van der Waals surface area contributed by atoms with Gasteiger partial charge in [-0.05, 0) is 31.2 Å². The molecular formula is C20H25N3O5. The molecule has 0 N–H and O–H groups in total. The van der Waals surface area contributed by atoms with Crippen molar-refractivity contribution in [1.82, 2.24) is 15.0 Å². The van der Waals surface area contributed by atoms with Crippen LogP contribution in [0.15, 0.2) is 34.9 Å². The number of rotatable bonds is 8. The lowest BCUT2D eigenvalue weighted by Crippen LogP contribution is -2.49. The Morgan fingerprint density at radius 1 is 1.14 bits per heavy atom. The van der Waals surface area contributed by atoms with E-state index >= 15 is 0 Å². The molecule has 8 nitrogen and oxygen atoms in total. The van der Waals surface area contributed by atoms with Crippen LogP contribution in [0.1, 0.15) is 33.5 Å². The van der Waals surface area contributed by atoms with E-state index in [1.165, 1.54) is 6.92 Å². The van der Waals surface area contributed by atoms with Gasteiger partial charge in [0.1, 0.15) is 12.4 Å². The quantitative estimate of drug-likeness (QED) is 0.639. The Labute approximate surface area is 164 Å². The summed E-state index contributed by atoms with van der Waals surface area (Å²) in [6.07, 6.45) is 0. The lowest BCUT2D eigenvalue weighted by Gasteiger charge is -2.34. The van der Waals surface area contributed by atoms with Crippen LogP contribution in [0.2, 0.25) is 0 Å². The summed E-state index contributed by atoms with van der Waals surface area (Å²) < 4.78 is 16.0. The van der Waals surface area contributed by atoms with Gasteiger partial charge in [0.25, 0.3) is 5.91 Å². The highest BCUT2D eigenvalue weighted by molar-refractivity contribution is 5.94. The number of nitrogens with zero attached hydrogens (tertiary/aromatic N) is 3. The molecule has 0 spiro atoms. The van der Waals surface area contributed by atoms with Gasteiger partial charge >= 0.3 is 0 Å². The molecule has 2 heterocycles. The van der Waals surface area contributed by atoms with Crippen LogP contribution in [0.3, 0.4) is 0 Å². The van der Waals surface area contributed by atoms with E-state index in [1.807, 2.05) is 0 Å². The zero-order valence-corrected chi connectivity index (χ0v) is 16.2. The first-order chi connectivity index (χ1) is 13.6. The van der Waals surface area contributed by atoms with E-state index in [9.17, 15) is 9.59 Å². The Hall–Kier alpha value is -2.71. The first-order valence-corrected chi connectivity index (χ1v) is 9.27. The third-order valence-corrected chi connectivity index (χ3v) is 4.69. The summed E-state index contributed by atoms with van der Waals surface area (Å²) in [7, 11) is 1.69. The number of piperazine rings is 1. The minimum Gasteiger partial charge on any atom is -0.486 e. The smallest absolute Gasteiger partial charge is 0.276 e. The molecule has 150 valence electrons. The maximum Gasteiger partial charge on any atom is 0.276 e. The third-order valence-electron chi connectivity index (χ3n) is 4.69. The maximum atomic E-state index is 12.6. The van der Waals surface area contributed by atoms with Crippen molar-refractivity contribution in [1.29, 1.82) is 0 Å². The molecule has 8 heteroatoms. The number of ketones is 1. The second-order valence-corrected chi connectivity index (χ2v) is 6.67. The van der Waals surface area contributed by atoms with E-state index in [0.717, 1.165) is 19.6 Å². The topological polar surface area (TPSA) is 85.1 Å². The molecule has 28 heavy (non-hydrogen) atoms. The van der Waals surface area contributed by atoms with Crippen molar-refractivity contribution in [2.75, 3.05) is 46.4 Å². The molecule has 1 saturated heterocycles. The van der Waals surface area contributed by atoms with Crippen molar-refractivity contribution < 1.29 is 23.6 Å². The summed E-state index contributed by atoms with van der Waals surface area (Å²) in [6, 6.07) is 8.48. The van der Waals surface area contributed by atoms with Crippen molar-refractivity contribution in [2.45, 2.75) is 13.5 Å². The fourth-order valence-corrected chi connectivity index (χ4v) is 2.98. The van der Waals surface area contributed by atoms with Crippen molar-refractivity contribution in [2.24, 2.45) is 0 Å². The molecule has 1 amide bonds. The van der Waals surface area contributed by atoms with E-state index < -0.39 is 0 Å². The van der Waals surface area contributed by atoms with Gasteiger partial charge in [-0.1, -0.05) is 5.16 Å². The predicted molar refractivity (Wildman–Crippen MR) is 102 cm³/mol. The van der Waals surface area contributed by atoms with Crippen LogP contribution in [-0.2, 0) is 11.3 Å². The number of hydrogen-bond acceptors (Lipinski definition) is 7. The van der Waals surface area contributed by atoms with Gasteiger partial charge in [-0.2, -0.15) is 0 Å². The summed E-state index contributed by atoms with van der Waals surface area (Å²) in [6.45, 7) is 6.19. The first-order valence-electron chi connectivity index (χ1n) is 9.27. The molecule has 1 aromatic heterocycles. The van der Waals surface area contributed by atoms with E-state index in [4.69, 9.17) is 14.0 Å². The average Bonchev–Trinajstić information content (AvgIpc) is 3.20. The maximum absolute atomic E-state index is 12.6. The van der Waals surface area contributed by atoms with E-state index in [-0.39, 0.29) is 24.0 Å². The van der Waals surface area contributed by atoms with Crippen molar-refractivity contribution in [3.05, 3.63) is 47.3 Å². The van der Waals surface area contributed by atoms with E-state index in [0.29, 0.717) is 36.8 Å². The normalized spacial score (nSPS) is 14.9. The summed E-state index contributed by atoms with van der Waals surface area (Å²) in [5.41, 5.74) is 0.915. The molecule has 0 atom stereocenters. The molecule has 1 fully saturated rings. The molecule has 3 rings (SSSR count). The van der Waals surface area contributed by atoms with Crippen molar-refractivity contribution in [3.63, 3.8) is 0 Å². The fourth-order valence-electron chi connectivity index (χ4n) is 2.98. The zero-order valence-electron chi connectivity index (χ0n) is 16.2. The Bertz CT molecular complexity index is 794. The average molecular weight is 387 g/mol. The molecule has 0 unspecified atom stereocenters. The van der Waals surface area contributed by atoms with Gasteiger partial charge in [0, 0.05) is 51.5 Å². The fraction of sp³-hybridized carbons (Fsp3) is 0.450. The van der Waals surface area contributed by atoms with Crippen LogP contribution in [-0.4, -0.2) is 73.1 Å². The Morgan fingerprint density at radius 3 is 2.50 bits per heavy atom. The van der Waals surface area contributed by atoms with Gasteiger partial charge in [0.2, 0.25) is 0 Å². The summed E-state index contributed by atoms with van der Waals surface area (Å²) in [4.78, 5) is 27.9. The van der Waals surface area contributed by atoms with Gasteiger partial charge < -0.3 is 18.9 Å². The van der Waals surface area contributed by atoms with Crippen molar-refractivity contribution >= 4 is 11.7 Å². The summed E-state index contributed by atoms with van der Waals surface area (Å²) in [5.74, 6) is 0.954. The first kappa shape index (κ1) is 20.0. The molecule has 1 aliphatic heterocycles. The number of methoxy groups -OCH3 is 1. The molecule has 0 aliphatic carbocycles. The molecule has 0 radical (unpaired) electrons. The number of aromatic nitrogens is 1. The number of carbonyl (C=O) groups is 2. The SMILES string of the molecule is COCCN1CCN(C(=O)c2cc(COc3ccc(C(C)=O)cc3)on2)CC1. The Balaban J connectivity index is 1.49. The van der Waals surface area contributed by atoms with Crippen molar-refractivity contribution in [3.8, 4) is 5.75 Å². The molecule has 2 aromatic rings. The molecule has 1 aromatic carbocycles. The van der Waals surface area contributed by atoms with E-state index in [2.05, 4.69) is 10.1 Å². The van der Waals surface area contributed by atoms with Crippen LogP contribution in [0.4, 0.5) is 0 Å². The molecular weight excluding hydrogens is 362 g/mol. The van der Waals surface area contributed by atoms with Gasteiger partial charge in [0.05, 0.1) is 6.61 Å².